The summed E-state index contributed by atoms with van der Waals surface area (Å²) in [4.78, 5) is 7.31. The summed E-state index contributed by atoms with van der Waals surface area (Å²) in [5, 5.41) is 21.9. The molecular weight excluding hydrogens is 446 g/mol. The first kappa shape index (κ1) is 22.8. The Kier molecular flexibility index (Phi) is 7.69. The van der Waals surface area contributed by atoms with Gasteiger partial charge < -0.3 is 19.0 Å². The number of anilines is 1. The zero-order valence-corrected chi connectivity index (χ0v) is 18.0. The van der Waals surface area contributed by atoms with Crippen LogP contribution in [0, 0.1) is 13.5 Å². The number of benzene rings is 2. The Morgan fingerprint density at radius 3 is 2.65 bits per heavy atom. The van der Waals surface area contributed by atoms with Gasteiger partial charge in [0.1, 0.15) is 11.8 Å². The van der Waals surface area contributed by atoms with E-state index in [-0.39, 0.29) is 11.8 Å². The molecule has 3 aromatic rings. The van der Waals surface area contributed by atoms with E-state index in [0.29, 0.717) is 45.6 Å². The van der Waals surface area contributed by atoms with E-state index in [0.717, 1.165) is 0 Å². The van der Waals surface area contributed by atoms with Gasteiger partial charge in [0, 0.05) is 11.3 Å². The molecular formula is C19H18ClN5O5S. The first-order chi connectivity index (χ1) is 14.9. The van der Waals surface area contributed by atoms with Crippen molar-refractivity contribution >= 4 is 35.3 Å². The minimum absolute atomic E-state index is 0.194. The highest BCUT2D eigenvalue weighted by atomic mass is 35.5. The lowest BCUT2D eigenvalue weighted by Gasteiger charge is -2.21. The lowest BCUT2D eigenvalue weighted by atomic mass is 10.1. The summed E-state index contributed by atoms with van der Waals surface area (Å²) < 4.78 is 15.3. The molecule has 0 saturated carbocycles. The zero-order chi connectivity index (χ0) is 22.4. The molecule has 2 atom stereocenters. The van der Waals surface area contributed by atoms with Gasteiger partial charge >= 0.3 is 0 Å². The number of rotatable bonds is 9. The van der Waals surface area contributed by atoms with Gasteiger partial charge in [0.05, 0.1) is 17.7 Å². The maximum absolute atomic E-state index is 10.3. The number of nitrogens with one attached hydrogen (secondary N) is 1. The Bertz CT molecular complexity index is 1070. The van der Waals surface area contributed by atoms with Crippen molar-refractivity contribution in [2.24, 2.45) is 5.90 Å². The molecule has 0 bridgehead atoms. The van der Waals surface area contributed by atoms with E-state index < -0.39 is 12.1 Å². The molecule has 31 heavy (non-hydrogen) atoms. The maximum Gasteiger partial charge on any atom is 0.260 e. The molecule has 0 radical (unpaired) electrons. The molecule has 0 aliphatic heterocycles. The fraction of sp³-hybridized carbons (Fsp3) is 0.211. The van der Waals surface area contributed by atoms with Crippen LogP contribution < -0.4 is 15.4 Å². The number of nitrogens with zero attached hydrogens (tertiary/aromatic N) is 3. The zero-order valence-electron chi connectivity index (χ0n) is 16.4. The minimum atomic E-state index is -0.857. The largest absolute Gasteiger partial charge is 0.418 e. The van der Waals surface area contributed by atoms with E-state index in [4.69, 9.17) is 32.7 Å². The summed E-state index contributed by atoms with van der Waals surface area (Å²) in [7, 11) is 0. The Morgan fingerprint density at radius 2 is 2.00 bits per heavy atom. The third-order valence-electron chi connectivity index (χ3n) is 4.29. The molecule has 12 heteroatoms. The van der Waals surface area contributed by atoms with Gasteiger partial charge in [-0.1, -0.05) is 17.7 Å². The summed E-state index contributed by atoms with van der Waals surface area (Å²) in [5.74, 6) is 5.67. The van der Waals surface area contributed by atoms with E-state index in [2.05, 4.69) is 29.7 Å². The van der Waals surface area contributed by atoms with Crippen LogP contribution in [-0.4, -0.2) is 21.4 Å². The fourth-order valence-corrected chi connectivity index (χ4v) is 3.13. The van der Waals surface area contributed by atoms with Crippen LogP contribution in [0.5, 0.6) is 5.75 Å². The van der Waals surface area contributed by atoms with Crippen LogP contribution in [0.15, 0.2) is 40.8 Å². The third kappa shape index (κ3) is 5.45. The average Bonchev–Trinajstić information content (AvgIpc) is 3.25. The predicted molar refractivity (Wildman–Crippen MR) is 115 cm³/mol. The van der Waals surface area contributed by atoms with Gasteiger partial charge in [-0.2, -0.15) is 5.90 Å². The van der Waals surface area contributed by atoms with Crippen LogP contribution in [-0.2, 0) is 9.32 Å². The fourth-order valence-electron chi connectivity index (χ4n) is 2.67. The van der Waals surface area contributed by atoms with Crippen LogP contribution in [0.4, 0.5) is 11.4 Å². The molecule has 4 N–H and O–H groups in total. The van der Waals surface area contributed by atoms with E-state index >= 15 is 0 Å². The second kappa shape index (κ2) is 10.5. The lowest BCUT2D eigenvalue weighted by molar-refractivity contribution is -0.199. The van der Waals surface area contributed by atoms with Crippen molar-refractivity contribution in [2.75, 3.05) is 5.32 Å². The van der Waals surface area contributed by atoms with E-state index in [1.807, 2.05) is 0 Å². The van der Waals surface area contributed by atoms with Crippen LogP contribution >= 0.6 is 23.9 Å². The highest BCUT2D eigenvalue weighted by Crippen LogP contribution is 2.35. The van der Waals surface area contributed by atoms with E-state index in [1.54, 1.807) is 50.2 Å². The van der Waals surface area contributed by atoms with Crippen LogP contribution in [0.25, 0.3) is 16.3 Å². The van der Waals surface area contributed by atoms with Crippen molar-refractivity contribution < 1.29 is 23.0 Å². The van der Waals surface area contributed by atoms with Gasteiger partial charge in [-0.15, -0.1) is 19.5 Å². The highest BCUT2D eigenvalue weighted by molar-refractivity contribution is 7.90. The summed E-state index contributed by atoms with van der Waals surface area (Å²) in [6, 6.07) is 9.40. The first-order valence-electron chi connectivity index (χ1n) is 8.86. The second-order valence-corrected chi connectivity index (χ2v) is 7.15. The van der Waals surface area contributed by atoms with Gasteiger partial charge in [-0.3, -0.25) is 0 Å². The number of aliphatic hydroxyl groups is 1. The van der Waals surface area contributed by atoms with E-state index in [1.165, 1.54) is 0 Å². The van der Waals surface area contributed by atoms with Crippen molar-refractivity contribution in [1.82, 2.24) is 10.2 Å². The number of hydrogen-bond donors (Lipinski definition) is 3. The topological polar surface area (TPSA) is 129 Å². The number of hydrogen-bond acceptors (Lipinski definition) is 10. The van der Waals surface area contributed by atoms with Crippen molar-refractivity contribution in [3.05, 3.63) is 64.3 Å². The maximum atomic E-state index is 10.3. The molecule has 1 aromatic heterocycles. The molecule has 0 amide bonds. The Balaban J connectivity index is 1.79. The Hall–Kier alpha value is -2.85. The molecule has 162 valence electrons. The van der Waals surface area contributed by atoms with E-state index in [9.17, 15) is 5.11 Å². The number of aliphatic hydroxyl groups excluding tert-OH is 1. The van der Waals surface area contributed by atoms with Crippen molar-refractivity contribution in [2.45, 2.75) is 26.0 Å². The van der Waals surface area contributed by atoms with Gasteiger partial charge in [0.15, 0.2) is 0 Å². The Morgan fingerprint density at radius 1 is 1.26 bits per heavy atom. The molecule has 3 rings (SSSR count). The number of aromatic nitrogens is 2. The molecule has 10 nitrogen and oxygen atoms in total. The number of nitrogens with two attached hydrogens (primary N) is 1. The predicted octanol–water partition coefficient (Wildman–Crippen LogP) is 4.55. The molecule has 1 heterocycles. The number of halogens is 1. The monoisotopic (exact) mass is 463 g/mol. The van der Waals surface area contributed by atoms with Crippen molar-refractivity contribution in [1.29, 1.82) is 0 Å². The lowest BCUT2D eigenvalue weighted by Crippen LogP contribution is -2.23. The SMILES string of the molecule is [C-]#[N+]c1ccc(N[C@@H](c2nnc(-c3ccc(OSOON)cc3)o2)[C@H](C)O)c(C)c1Cl. The smallest absolute Gasteiger partial charge is 0.260 e. The molecule has 0 saturated heterocycles. The first-order valence-corrected chi connectivity index (χ1v) is 9.90. The van der Waals surface area contributed by atoms with Crippen molar-refractivity contribution in [3.63, 3.8) is 0 Å². The molecule has 0 aliphatic carbocycles. The van der Waals surface area contributed by atoms with Crippen LogP contribution in [0.3, 0.4) is 0 Å². The summed E-state index contributed by atoms with van der Waals surface area (Å²) >= 11 is 6.81. The summed E-state index contributed by atoms with van der Waals surface area (Å²) in [6.45, 7) is 10.5. The molecule has 0 aliphatic rings. The van der Waals surface area contributed by atoms with Gasteiger partial charge in [-0.05, 0) is 49.7 Å². The molecule has 0 spiro atoms. The second-order valence-electron chi connectivity index (χ2n) is 6.33. The Labute approximate surface area is 187 Å². The van der Waals surface area contributed by atoms with Crippen LogP contribution in [0.2, 0.25) is 5.02 Å². The standard InChI is InChI=1S/C19H18ClN5O5S/c1-10-14(8-9-15(22-3)16(10)20)23-17(11(2)26)19-25-24-18(27-19)12-4-6-13(7-5-12)28-31-30-29-21/h4-9,11,17,23,26H,21H2,1-2H3/t11-,17+/m0/s1. The average molecular weight is 464 g/mol. The highest BCUT2D eigenvalue weighted by Gasteiger charge is 2.25. The van der Waals surface area contributed by atoms with Gasteiger partial charge in [-0.25, -0.2) is 4.85 Å². The molecule has 0 unspecified atom stereocenters. The normalized spacial score (nSPS) is 12.8. The van der Waals surface area contributed by atoms with Gasteiger partial charge in [0.25, 0.3) is 12.3 Å². The third-order valence-corrected chi connectivity index (χ3v) is 5.16. The summed E-state index contributed by atoms with van der Waals surface area (Å²) in [6.07, 6.45) is -0.857. The quantitative estimate of drug-likeness (QED) is 0.136. The van der Waals surface area contributed by atoms with Crippen molar-refractivity contribution in [3.8, 4) is 17.2 Å². The minimum Gasteiger partial charge on any atom is -0.418 e. The van der Waals surface area contributed by atoms with Crippen LogP contribution in [0.1, 0.15) is 24.4 Å². The molecule has 2 aromatic carbocycles. The summed E-state index contributed by atoms with van der Waals surface area (Å²) in [5.41, 5.74) is 2.33. The van der Waals surface area contributed by atoms with Gasteiger partial charge in [0.2, 0.25) is 17.5 Å². The molecule has 0 fully saturated rings.